The van der Waals surface area contributed by atoms with Gasteiger partial charge in [0.05, 0.1) is 6.54 Å². The van der Waals surface area contributed by atoms with E-state index in [2.05, 4.69) is 22.5 Å². The summed E-state index contributed by atoms with van der Waals surface area (Å²) in [6.07, 6.45) is -0.0203. The molecule has 0 aliphatic carbocycles. The molecule has 102 valence electrons. The van der Waals surface area contributed by atoms with E-state index in [9.17, 15) is 8.78 Å². The summed E-state index contributed by atoms with van der Waals surface area (Å²) in [5, 5.41) is 4.94. The summed E-state index contributed by atoms with van der Waals surface area (Å²) in [4.78, 5) is 3.89. The van der Waals surface area contributed by atoms with Gasteiger partial charge in [0.2, 0.25) is 0 Å². The van der Waals surface area contributed by atoms with Gasteiger partial charge in [-0.3, -0.25) is 4.90 Å². The topological polar surface area (TPSA) is 15.3 Å². The third-order valence-electron chi connectivity index (χ3n) is 3.27. The van der Waals surface area contributed by atoms with Gasteiger partial charge in [-0.05, 0) is 35.9 Å². The molecule has 0 saturated heterocycles. The minimum Gasteiger partial charge on any atom is -0.307 e. The van der Waals surface area contributed by atoms with Gasteiger partial charge < -0.3 is 5.32 Å². The molecule has 2 heterocycles. The molecule has 0 spiro atoms. The van der Waals surface area contributed by atoms with Crippen molar-refractivity contribution in [3.63, 3.8) is 0 Å². The second-order valence-electron chi connectivity index (χ2n) is 4.71. The summed E-state index contributed by atoms with van der Waals surface area (Å²) in [6, 6.07) is 0. The third-order valence-corrected chi connectivity index (χ3v) is 4.33. The second-order valence-corrected chi connectivity index (χ2v) is 5.68. The number of alkyl halides is 2. The quantitative estimate of drug-likeness (QED) is 0.858. The molecule has 0 unspecified atom stereocenters. The maximum atomic E-state index is 12.1. The highest BCUT2D eigenvalue weighted by Crippen LogP contribution is 2.28. The number of nitrogens with one attached hydrogen (secondary N) is 1. The van der Waals surface area contributed by atoms with E-state index >= 15 is 0 Å². The summed E-state index contributed by atoms with van der Waals surface area (Å²) >= 11 is 1.77. The molecule has 1 aromatic heterocycles. The lowest BCUT2D eigenvalue weighted by Crippen LogP contribution is -2.31. The molecule has 0 aromatic carbocycles. The average Bonchev–Trinajstić information content (AvgIpc) is 2.72. The molecule has 0 atom stereocenters. The van der Waals surface area contributed by atoms with Crippen LogP contribution in [0, 0.1) is 0 Å². The number of hydrogen-bond donors (Lipinski definition) is 1. The van der Waals surface area contributed by atoms with Gasteiger partial charge in [-0.15, -0.1) is 11.3 Å². The summed E-state index contributed by atoms with van der Waals surface area (Å²) < 4.78 is 24.1. The van der Waals surface area contributed by atoms with Crippen molar-refractivity contribution >= 4 is 11.3 Å². The van der Waals surface area contributed by atoms with Crippen LogP contribution >= 0.6 is 11.3 Å². The largest absolute Gasteiger partial charge is 0.307 e. The Bertz CT molecular complexity index is 379. The zero-order valence-corrected chi connectivity index (χ0v) is 11.5. The van der Waals surface area contributed by atoms with Crippen molar-refractivity contribution in [3.05, 3.63) is 21.4 Å². The van der Waals surface area contributed by atoms with Crippen molar-refractivity contribution < 1.29 is 8.78 Å². The first-order valence-corrected chi connectivity index (χ1v) is 7.38. The predicted octanol–water partition coefficient (Wildman–Crippen LogP) is 2.87. The van der Waals surface area contributed by atoms with Crippen LogP contribution in [0.5, 0.6) is 0 Å². The van der Waals surface area contributed by atoms with E-state index < -0.39 is 6.43 Å². The lowest BCUT2D eigenvalue weighted by molar-refractivity contribution is 0.145. The summed E-state index contributed by atoms with van der Waals surface area (Å²) in [5.41, 5.74) is 2.61. The Balaban J connectivity index is 1.92. The Morgan fingerprint density at radius 2 is 2.33 bits per heavy atom. The van der Waals surface area contributed by atoms with Crippen LogP contribution in [0.4, 0.5) is 8.78 Å². The molecule has 0 saturated carbocycles. The molecule has 1 aliphatic heterocycles. The average molecular weight is 274 g/mol. The first-order valence-electron chi connectivity index (χ1n) is 6.50. The minimum atomic E-state index is -2.26. The van der Waals surface area contributed by atoms with Crippen molar-refractivity contribution in [3.8, 4) is 0 Å². The molecule has 1 aromatic rings. The highest BCUT2D eigenvalue weighted by molar-refractivity contribution is 7.10. The van der Waals surface area contributed by atoms with E-state index in [0.717, 1.165) is 26.1 Å². The molecule has 18 heavy (non-hydrogen) atoms. The normalized spacial score (nSPS) is 16.2. The van der Waals surface area contributed by atoms with Crippen molar-refractivity contribution in [2.24, 2.45) is 0 Å². The molecule has 0 radical (unpaired) electrons. The van der Waals surface area contributed by atoms with E-state index in [0.29, 0.717) is 6.54 Å². The number of nitrogens with zero attached hydrogens (tertiary/aromatic N) is 1. The van der Waals surface area contributed by atoms with Gasteiger partial charge in [0.15, 0.2) is 0 Å². The van der Waals surface area contributed by atoms with Crippen LogP contribution in [0.15, 0.2) is 5.38 Å². The van der Waals surface area contributed by atoms with Crippen LogP contribution in [0.1, 0.15) is 29.3 Å². The Kier molecular flexibility index (Phi) is 5.09. The Morgan fingerprint density at radius 3 is 3.06 bits per heavy atom. The fourth-order valence-corrected chi connectivity index (χ4v) is 3.56. The molecule has 1 aliphatic rings. The molecule has 0 fully saturated rings. The smallest absolute Gasteiger partial charge is 0.250 e. The van der Waals surface area contributed by atoms with E-state index in [1.165, 1.54) is 22.4 Å². The van der Waals surface area contributed by atoms with E-state index in [-0.39, 0.29) is 6.54 Å². The molecule has 2 nitrogen and oxygen atoms in total. The minimum absolute atomic E-state index is 0.216. The van der Waals surface area contributed by atoms with Gasteiger partial charge in [-0.2, -0.15) is 0 Å². The monoisotopic (exact) mass is 274 g/mol. The fraction of sp³-hybridized carbons (Fsp3) is 0.692. The number of halogens is 2. The van der Waals surface area contributed by atoms with Crippen molar-refractivity contribution in [2.75, 3.05) is 19.6 Å². The summed E-state index contributed by atoms with van der Waals surface area (Å²) in [7, 11) is 0. The van der Waals surface area contributed by atoms with Gasteiger partial charge in [0.1, 0.15) is 0 Å². The molecular weight excluding hydrogens is 254 g/mol. The van der Waals surface area contributed by atoms with Crippen molar-refractivity contribution in [1.29, 1.82) is 0 Å². The summed E-state index contributed by atoms with van der Waals surface area (Å²) in [6.45, 7) is 5.83. The lowest BCUT2D eigenvalue weighted by atomic mass is 10.0. The Labute approximate surface area is 111 Å². The first-order chi connectivity index (χ1) is 8.70. The van der Waals surface area contributed by atoms with Crippen LogP contribution in [0.25, 0.3) is 0 Å². The zero-order chi connectivity index (χ0) is 13.0. The Hall–Kier alpha value is -0.520. The Morgan fingerprint density at radius 1 is 1.50 bits per heavy atom. The molecule has 0 bridgehead atoms. The predicted molar refractivity (Wildman–Crippen MR) is 71.3 cm³/mol. The summed E-state index contributed by atoms with van der Waals surface area (Å²) in [5.74, 6) is 0. The van der Waals surface area contributed by atoms with Crippen LogP contribution in [-0.2, 0) is 19.5 Å². The number of hydrogen-bond acceptors (Lipinski definition) is 3. The zero-order valence-electron chi connectivity index (χ0n) is 10.7. The van der Waals surface area contributed by atoms with Gasteiger partial charge in [-0.25, -0.2) is 8.78 Å². The number of thiophene rings is 1. The van der Waals surface area contributed by atoms with Gasteiger partial charge >= 0.3 is 0 Å². The number of fused-ring (bicyclic) bond motifs is 1. The standard InChI is InChI=1S/C13H20F2N2S/c1-2-4-17-5-3-11-10(6-16-7-13(14)15)9-18-12(11)8-17/h9,13,16H,2-8H2,1H3. The van der Waals surface area contributed by atoms with Gasteiger partial charge in [0, 0.05) is 24.5 Å². The van der Waals surface area contributed by atoms with E-state index in [1.807, 2.05) is 0 Å². The SMILES string of the molecule is CCCN1CCc2c(CNCC(F)F)csc2C1. The van der Waals surface area contributed by atoms with Gasteiger partial charge in [-0.1, -0.05) is 6.92 Å². The van der Waals surface area contributed by atoms with Crippen molar-refractivity contribution in [1.82, 2.24) is 10.2 Å². The van der Waals surface area contributed by atoms with Crippen LogP contribution in [0.3, 0.4) is 0 Å². The van der Waals surface area contributed by atoms with Crippen LogP contribution < -0.4 is 5.32 Å². The van der Waals surface area contributed by atoms with E-state index in [4.69, 9.17) is 0 Å². The van der Waals surface area contributed by atoms with Crippen molar-refractivity contribution in [2.45, 2.75) is 39.3 Å². The number of rotatable bonds is 6. The van der Waals surface area contributed by atoms with Crippen LogP contribution in [-0.4, -0.2) is 31.0 Å². The molecule has 1 N–H and O–H groups in total. The maximum Gasteiger partial charge on any atom is 0.250 e. The third kappa shape index (κ3) is 3.49. The second kappa shape index (κ2) is 6.59. The molecular formula is C13H20F2N2S. The molecule has 2 rings (SSSR count). The maximum absolute atomic E-state index is 12.1. The highest BCUT2D eigenvalue weighted by atomic mass is 32.1. The first kappa shape index (κ1) is 13.9. The molecule has 0 amide bonds. The van der Waals surface area contributed by atoms with Crippen LogP contribution in [0.2, 0.25) is 0 Å². The van der Waals surface area contributed by atoms with E-state index in [1.54, 1.807) is 11.3 Å². The van der Waals surface area contributed by atoms with Gasteiger partial charge in [0.25, 0.3) is 6.43 Å². The molecule has 5 heteroatoms. The fourth-order valence-electron chi connectivity index (χ4n) is 2.42. The highest BCUT2D eigenvalue weighted by Gasteiger charge is 2.19. The lowest BCUT2D eigenvalue weighted by Gasteiger charge is -2.26.